The Morgan fingerprint density at radius 1 is 1.04 bits per heavy atom. The molecule has 23 heavy (non-hydrogen) atoms. The van der Waals surface area contributed by atoms with E-state index >= 15 is 0 Å². The topological polar surface area (TPSA) is 41.1 Å². The zero-order valence-corrected chi connectivity index (χ0v) is 15.7. The van der Waals surface area contributed by atoms with Gasteiger partial charge in [0, 0.05) is 26.2 Å². The van der Waals surface area contributed by atoms with Crippen LogP contribution in [0.3, 0.4) is 0 Å². The highest BCUT2D eigenvalue weighted by atomic mass is 79.9. The van der Waals surface area contributed by atoms with Gasteiger partial charge in [-0.15, -0.1) is 0 Å². The van der Waals surface area contributed by atoms with Crippen LogP contribution in [0.15, 0.2) is 53.0 Å². The molecule has 2 N–H and O–H groups in total. The maximum absolute atomic E-state index is 12.5. The van der Waals surface area contributed by atoms with E-state index in [1.54, 1.807) is 12.1 Å². The van der Waals surface area contributed by atoms with Crippen molar-refractivity contribution in [1.29, 1.82) is 0 Å². The van der Waals surface area contributed by atoms with Gasteiger partial charge in [-0.1, -0.05) is 48.3 Å². The molecule has 1 amide bonds. The van der Waals surface area contributed by atoms with E-state index in [9.17, 15) is 4.79 Å². The highest BCUT2D eigenvalue weighted by Gasteiger charge is 2.26. The Labute approximate surface area is 150 Å². The van der Waals surface area contributed by atoms with E-state index < -0.39 is 0 Å². The molecule has 3 nitrogen and oxygen atoms in total. The van der Waals surface area contributed by atoms with Gasteiger partial charge in [0.1, 0.15) is 6.17 Å². The lowest BCUT2D eigenvalue weighted by Crippen LogP contribution is -2.48. The quantitative estimate of drug-likeness (QED) is 0.688. The molecule has 122 valence electrons. The summed E-state index contributed by atoms with van der Waals surface area (Å²) in [5, 5.41) is 7.10. The van der Waals surface area contributed by atoms with Crippen LogP contribution in [0.1, 0.15) is 31.1 Å². The molecule has 0 aliphatic carbocycles. The maximum atomic E-state index is 12.5. The van der Waals surface area contributed by atoms with Crippen molar-refractivity contribution < 1.29 is 4.79 Å². The molecule has 0 heterocycles. The maximum Gasteiger partial charge on any atom is 0.252 e. The lowest BCUT2D eigenvalue weighted by molar-refractivity contribution is 0.0913. The Kier molecular flexibility index (Phi) is 5.71. The Morgan fingerprint density at radius 3 is 2.13 bits per heavy atom. The molecule has 0 saturated carbocycles. The molecule has 2 aromatic rings. The van der Waals surface area contributed by atoms with Crippen molar-refractivity contribution in [2.45, 2.75) is 26.9 Å². The van der Waals surface area contributed by atoms with Crippen LogP contribution in [-0.4, -0.2) is 12.1 Å². The highest BCUT2D eigenvalue weighted by Crippen LogP contribution is 2.23. The van der Waals surface area contributed by atoms with Crippen molar-refractivity contribution in [2.75, 3.05) is 5.32 Å². The zero-order chi connectivity index (χ0) is 17.0. The van der Waals surface area contributed by atoms with Gasteiger partial charge < -0.3 is 10.6 Å². The monoisotopic (exact) mass is 394 g/mol. The van der Waals surface area contributed by atoms with Crippen molar-refractivity contribution in [3.8, 4) is 0 Å². The van der Waals surface area contributed by atoms with Crippen molar-refractivity contribution in [3.63, 3.8) is 0 Å². The number of benzene rings is 2. The number of carbonyl (C=O) groups is 1. The average Bonchev–Trinajstić information content (AvgIpc) is 2.48. The zero-order valence-electron chi connectivity index (χ0n) is 13.4. The summed E-state index contributed by atoms with van der Waals surface area (Å²) in [6.07, 6.45) is -0.222. The molecule has 0 fully saturated rings. The summed E-state index contributed by atoms with van der Waals surface area (Å²) >= 11 is 9.29. The van der Waals surface area contributed by atoms with E-state index in [0.717, 1.165) is 10.2 Å². The van der Waals surface area contributed by atoms with Crippen LogP contribution in [0.5, 0.6) is 0 Å². The number of carbonyl (C=O) groups excluding carboxylic acids is 1. The third-order valence-electron chi connectivity index (χ3n) is 3.40. The van der Waals surface area contributed by atoms with E-state index in [2.05, 4.69) is 47.3 Å². The van der Waals surface area contributed by atoms with E-state index in [1.165, 1.54) is 0 Å². The first-order valence-corrected chi connectivity index (χ1v) is 8.51. The summed E-state index contributed by atoms with van der Waals surface area (Å²) in [5.41, 5.74) is 1.37. The Bertz CT molecular complexity index is 663. The lowest BCUT2D eigenvalue weighted by atomic mass is 9.91. The van der Waals surface area contributed by atoms with E-state index in [-0.39, 0.29) is 17.5 Å². The van der Waals surface area contributed by atoms with E-state index in [0.29, 0.717) is 10.6 Å². The minimum Gasteiger partial charge on any atom is -0.365 e. The minimum absolute atomic E-state index is 0.112. The molecule has 0 spiro atoms. The van der Waals surface area contributed by atoms with Crippen LogP contribution < -0.4 is 10.6 Å². The molecule has 5 heteroatoms. The Hall–Kier alpha value is -1.52. The average molecular weight is 396 g/mol. The normalized spacial score (nSPS) is 12.6. The molecule has 0 bridgehead atoms. The van der Waals surface area contributed by atoms with Crippen LogP contribution in [-0.2, 0) is 0 Å². The first-order chi connectivity index (χ1) is 10.8. The number of hydrogen-bond acceptors (Lipinski definition) is 2. The van der Waals surface area contributed by atoms with Crippen molar-refractivity contribution >= 4 is 39.1 Å². The van der Waals surface area contributed by atoms with Gasteiger partial charge in [-0.2, -0.15) is 0 Å². The van der Waals surface area contributed by atoms with Gasteiger partial charge in [0.05, 0.1) is 0 Å². The summed E-state index contributed by atoms with van der Waals surface area (Å²) in [5.74, 6) is -0.112. The molecule has 0 aliphatic rings. The van der Waals surface area contributed by atoms with Crippen LogP contribution in [0, 0.1) is 5.41 Å². The van der Waals surface area contributed by atoms with Gasteiger partial charge in [-0.25, -0.2) is 0 Å². The standard InChI is InChI=1S/C18H20BrClN2O/c1-18(2,3)17(21-15-10-8-14(20)9-11-15)22-16(23)12-4-6-13(19)7-5-12/h4-11,17,21H,1-3H3,(H,22,23). The SMILES string of the molecule is CC(C)(C)C(NC(=O)c1ccc(Br)cc1)Nc1ccc(Cl)cc1. The molecular weight excluding hydrogens is 376 g/mol. The third-order valence-corrected chi connectivity index (χ3v) is 4.18. The van der Waals surface area contributed by atoms with Gasteiger partial charge in [-0.05, 0) is 48.5 Å². The predicted octanol–water partition coefficient (Wildman–Crippen LogP) is 5.32. The fourth-order valence-corrected chi connectivity index (χ4v) is 2.39. The summed E-state index contributed by atoms with van der Waals surface area (Å²) in [6.45, 7) is 6.22. The second-order valence-corrected chi connectivity index (χ2v) is 7.78. The van der Waals surface area contributed by atoms with Crippen molar-refractivity contribution in [3.05, 3.63) is 63.6 Å². The van der Waals surface area contributed by atoms with Gasteiger partial charge in [0.15, 0.2) is 0 Å². The number of anilines is 1. The second-order valence-electron chi connectivity index (χ2n) is 6.43. The van der Waals surface area contributed by atoms with Crippen molar-refractivity contribution in [1.82, 2.24) is 5.32 Å². The molecule has 2 rings (SSSR count). The number of halogens is 2. The third kappa shape index (κ3) is 5.26. The molecular formula is C18H20BrClN2O. The minimum atomic E-state index is -0.222. The van der Waals surface area contributed by atoms with Crippen molar-refractivity contribution in [2.24, 2.45) is 5.41 Å². The van der Waals surface area contributed by atoms with E-state index in [4.69, 9.17) is 11.6 Å². The molecule has 2 aromatic carbocycles. The van der Waals surface area contributed by atoms with Gasteiger partial charge >= 0.3 is 0 Å². The van der Waals surface area contributed by atoms with Crippen LogP contribution >= 0.6 is 27.5 Å². The summed E-state index contributed by atoms with van der Waals surface area (Å²) < 4.78 is 0.945. The predicted molar refractivity (Wildman–Crippen MR) is 99.9 cm³/mol. The molecule has 0 aliphatic heterocycles. The molecule has 0 aromatic heterocycles. The van der Waals surface area contributed by atoms with Gasteiger partial charge in [-0.3, -0.25) is 4.79 Å². The van der Waals surface area contributed by atoms with Crippen LogP contribution in [0.4, 0.5) is 5.69 Å². The number of nitrogens with one attached hydrogen (secondary N) is 2. The highest BCUT2D eigenvalue weighted by molar-refractivity contribution is 9.10. The van der Waals surface area contributed by atoms with Crippen LogP contribution in [0.25, 0.3) is 0 Å². The van der Waals surface area contributed by atoms with Crippen LogP contribution in [0.2, 0.25) is 5.02 Å². The number of amides is 1. The van der Waals surface area contributed by atoms with E-state index in [1.807, 2.05) is 36.4 Å². The van der Waals surface area contributed by atoms with Gasteiger partial charge in [0.2, 0.25) is 0 Å². The first-order valence-electron chi connectivity index (χ1n) is 7.34. The summed E-state index contributed by atoms with van der Waals surface area (Å²) in [6, 6.07) is 14.7. The summed E-state index contributed by atoms with van der Waals surface area (Å²) in [7, 11) is 0. The summed E-state index contributed by atoms with van der Waals surface area (Å²) in [4.78, 5) is 12.5. The fraction of sp³-hybridized carbons (Fsp3) is 0.278. The Balaban J connectivity index is 2.14. The number of rotatable bonds is 4. The smallest absolute Gasteiger partial charge is 0.252 e. The molecule has 1 unspecified atom stereocenters. The van der Waals surface area contributed by atoms with Gasteiger partial charge in [0.25, 0.3) is 5.91 Å². The molecule has 1 atom stereocenters. The largest absolute Gasteiger partial charge is 0.365 e. The first kappa shape index (κ1) is 17.8. The number of hydrogen-bond donors (Lipinski definition) is 2. The molecule has 0 saturated heterocycles. The second kappa shape index (κ2) is 7.37. The fourth-order valence-electron chi connectivity index (χ4n) is 2.00. The lowest BCUT2D eigenvalue weighted by Gasteiger charge is -2.33. The Morgan fingerprint density at radius 2 is 1.61 bits per heavy atom. The molecule has 0 radical (unpaired) electrons.